The third kappa shape index (κ3) is 4.19. The van der Waals surface area contributed by atoms with Crippen molar-refractivity contribution in [3.8, 4) is 0 Å². The topological polar surface area (TPSA) is 79.2 Å². The molecule has 0 unspecified atom stereocenters. The van der Waals surface area contributed by atoms with E-state index in [1.807, 2.05) is 6.92 Å². The van der Waals surface area contributed by atoms with Gasteiger partial charge < -0.3 is 24.8 Å². The zero-order chi connectivity index (χ0) is 12.4. The second kappa shape index (κ2) is 8.66. The lowest BCUT2D eigenvalue weighted by Crippen LogP contribution is -2.49. The predicted molar refractivity (Wildman–Crippen MR) is 59.6 cm³/mol. The summed E-state index contributed by atoms with van der Waals surface area (Å²) in [5, 5.41) is 27.7. The second-order valence-corrected chi connectivity index (χ2v) is 3.34. The fraction of sp³-hybridized carbons (Fsp3) is 0.727. The summed E-state index contributed by atoms with van der Waals surface area (Å²) >= 11 is 0. The van der Waals surface area contributed by atoms with E-state index in [0.29, 0.717) is 6.61 Å². The number of ether oxygens (including phenoxy) is 2. The summed E-state index contributed by atoms with van der Waals surface area (Å²) in [5.41, 5.74) is -1.36. The normalized spacial score (nSPS) is 12.1. The van der Waals surface area contributed by atoms with Crippen LogP contribution in [0.15, 0.2) is 12.7 Å². The Bertz CT molecular complexity index is 179. The van der Waals surface area contributed by atoms with Gasteiger partial charge in [-0.25, -0.2) is 0 Å². The van der Waals surface area contributed by atoms with Crippen molar-refractivity contribution >= 4 is 0 Å². The van der Waals surface area contributed by atoms with Crippen LogP contribution in [-0.4, -0.2) is 54.0 Å². The molecule has 0 saturated carbocycles. The van der Waals surface area contributed by atoms with E-state index in [9.17, 15) is 10.2 Å². The summed E-state index contributed by atoms with van der Waals surface area (Å²) in [6.07, 6.45) is 2.40. The van der Waals surface area contributed by atoms with E-state index in [1.165, 1.54) is 6.08 Å². The van der Waals surface area contributed by atoms with E-state index in [-0.39, 0.29) is 12.7 Å². The molecule has 0 fully saturated rings. The lowest BCUT2D eigenvalue weighted by Gasteiger charge is -2.35. The van der Waals surface area contributed by atoms with Gasteiger partial charge in [-0.05, 0) is 6.42 Å². The van der Waals surface area contributed by atoms with Crippen molar-refractivity contribution in [2.45, 2.75) is 18.9 Å². The maximum absolute atomic E-state index is 9.27. The van der Waals surface area contributed by atoms with Crippen LogP contribution in [0.1, 0.15) is 13.3 Å². The summed E-state index contributed by atoms with van der Waals surface area (Å²) < 4.78 is 10.6. The van der Waals surface area contributed by atoms with E-state index in [4.69, 9.17) is 14.6 Å². The quantitative estimate of drug-likeness (QED) is 0.458. The molecule has 0 aromatic heterocycles. The lowest BCUT2D eigenvalue weighted by atomic mass is 9.98. The highest BCUT2D eigenvalue weighted by Gasteiger charge is 2.40. The Morgan fingerprint density at radius 3 is 2.31 bits per heavy atom. The predicted octanol–water partition coefficient (Wildman–Crippen LogP) is -0.137. The molecule has 5 heteroatoms. The van der Waals surface area contributed by atoms with Crippen molar-refractivity contribution in [2.24, 2.45) is 0 Å². The van der Waals surface area contributed by atoms with Crippen LogP contribution in [0, 0.1) is 6.10 Å². The molecule has 3 N–H and O–H groups in total. The molecular weight excluding hydrogens is 212 g/mol. The van der Waals surface area contributed by atoms with Gasteiger partial charge in [0.25, 0.3) is 0 Å². The van der Waals surface area contributed by atoms with Gasteiger partial charge in [-0.1, -0.05) is 13.0 Å². The lowest BCUT2D eigenvalue weighted by molar-refractivity contribution is -0.141. The zero-order valence-electron chi connectivity index (χ0n) is 9.69. The minimum atomic E-state index is -1.36. The van der Waals surface area contributed by atoms with Crippen LogP contribution in [-0.2, 0) is 9.47 Å². The third-order valence-corrected chi connectivity index (χ3v) is 2.12. The Morgan fingerprint density at radius 1 is 1.31 bits per heavy atom. The second-order valence-electron chi connectivity index (χ2n) is 3.34. The summed E-state index contributed by atoms with van der Waals surface area (Å²) in [4.78, 5) is 0. The Labute approximate surface area is 96.3 Å². The van der Waals surface area contributed by atoms with Crippen molar-refractivity contribution < 1.29 is 24.8 Å². The van der Waals surface area contributed by atoms with Crippen LogP contribution in [0.2, 0.25) is 0 Å². The van der Waals surface area contributed by atoms with Gasteiger partial charge in [-0.15, -0.1) is 6.58 Å². The molecule has 0 aliphatic carbocycles. The molecule has 5 nitrogen and oxygen atoms in total. The monoisotopic (exact) mass is 233 g/mol. The first-order chi connectivity index (χ1) is 7.70. The SMILES string of the molecule is C=CCOC(CO)(CO)[C](CO)OCCC. The van der Waals surface area contributed by atoms with Crippen LogP contribution in [0.3, 0.4) is 0 Å². The van der Waals surface area contributed by atoms with Gasteiger partial charge in [-0.3, -0.25) is 0 Å². The molecule has 1 radical (unpaired) electrons. The van der Waals surface area contributed by atoms with Crippen LogP contribution in [0.25, 0.3) is 0 Å². The van der Waals surface area contributed by atoms with Gasteiger partial charge in [0.05, 0.1) is 26.4 Å². The fourth-order valence-electron chi connectivity index (χ4n) is 1.16. The van der Waals surface area contributed by atoms with E-state index in [1.54, 1.807) is 0 Å². The Hall–Kier alpha value is -0.460. The van der Waals surface area contributed by atoms with Crippen LogP contribution >= 0.6 is 0 Å². The molecule has 0 saturated heterocycles. The first kappa shape index (κ1) is 15.5. The summed E-state index contributed by atoms with van der Waals surface area (Å²) in [5.74, 6) is 0. The van der Waals surface area contributed by atoms with E-state index >= 15 is 0 Å². The Morgan fingerprint density at radius 2 is 1.94 bits per heavy atom. The summed E-state index contributed by atoms with van der Waals surface area (Å²) in [6.45, 7) is 4.62. The maximum atomic E-state index is 9.27. The molecule has 0 aliphatic heterocycles. The maximum Gasteiger partial charge on any atom is 0.158 e. The minimum Gasteiger partial charge on any atom is -0.393 e. The molecule has 0 atom stereocenters. The molecule has 16 heavy (non-hydrogen) atoms. The van der Waals surface area contributed by atoms with Crippen molar-refractivity contribution in [1.29, 1.82) is 0 Å². The highest BCUT2D eigenvalue weighted by molar-refractivity contribution is 5.03. The van der Waals surface area contributed by atoms with Gasteiger partial charge in [0.2, 0.25) is 0 Å². The number of rotatable bonds is 10. The number of aliphatic hydroxyl groups is 3. The molecule has 95 valence electrons. The summed E-state index contributed by atoms with van der Waals surface area (Å²) in [6, 6.07) is 0. The van der Waals surface area contributed by atoms with E-state index in [2.05, 4.69) is 6.58 Å². The highest BCUT2D eigenvalue weighted by atomic mass is 16.6. The Balaban J connectivity index is 4.59. The van der Waals surface area contributed by atoms with Crippen molar-refractivity contribution in [2.75, 3.05) is 33.0 Å². The van der Waals surface area contributed by atoms with Crippen LogP contribution in [0.5, 0.6) is 0 Å². The van der Waals surface area contributed by atoms with Gasteiger partial charge in [0.1, 0.15) is 5.60 Å². The van der Waals surface area contributed by atoms with Gasteiger partial charge >= 0.3 is 0 Å². The first-order valence-electron chi connectivity index (χ1n) is 5.27. The van der Waals surface area contributed by atoms with Crippen molar-refractivity contribution in [3.05, 3.63) is 18.8 Å². The molecular formula is C11H21O5. The summed E-state index contributed by atoms with van der Waals surface area (Å²) in [7, 11) is 0. The standard InChI is InChI=1S/C11H21O5/c1-3-5-15-10(7-12)11(8-13,9-14)16-6-4-2/h4,12-14H,2-3,5-9H2,1H3. The molecule has 0 heterocycles. The number of aliphatic hydroxyl groups excluding tert-OH is 3. The van der Waals surface area contributed by atoms with E-state index < -0.39 is 25.4 Å². The molecule has 0 aromatic rings. The molecule has 0 spiro atoms. The van der Waals surface area contributed by atoms with Gasteiger partial charge in [0.15, 0.2) is 6.10 Å². The Kier molecular flexibility index (Phi) is 8.42. The van der Waals surface area contributed by atoms with Crippen molar-refractivity contribution in [1.82, 2.24) is 0 Å². The van der Waals surface area contributed by atoms with E-state index in [0.717, 1.165) is 6.42 Å². The molecule has 0 bridgehead atoms. The average Bonchev–Trinajstić information content (AvgIpc) is 2.34. The zero-order valence-corrected chi connectivity index (χ0v) is 9.69. The fourth-order valence-corrected chi connectivity index (χ4v) is 1.16. The van der Waals surface area contributed by atoms with Gasteiger partial charge in [-0.2, -0.15) is 0 Å². The molecule has 0 rings (SSSR count). The van der Waals surface area contributed by atoms with Gasteiger partial charge in [0, 0.05) is 6.61 Å². The molecule has 0 amide bonds. The minimum absolute atomic E-state index is 0.140. The average molecular weight is 233 g/mol. The number of hydrogen-bond donors (Lipinski definition) is 3. The van der Waals surface area contributed by atoms with Crippen LogP contribution in [0.4, 0.5) is 0 Å². The van der Waals surface area contributed by atoms with Crippen LogP contribution < -0.4 is 0 Å². The molecule has 0 aliphatic rings. The number of hydrogen-bond acceptors (Lipinski definition) is 5. The largest absolute Gasteiger partial charge is 0.393 e. The smallest absolute Gasteiger partial charge is 0.158 e. The first-order valence-corrected chi connectivity index (χ1v) is 5.27. The van der Waals surface area contributed by atoms with Crippen molar-refractivity contribution in [3.63, 3.8) is 0 Å². The molecule has 0 aromatic carbocycles. The highest BCUT2D eigenvalue weighted by Crippen LogP contribution is 2.25. The third-order valence-electron chi connectivity index (χ3n) is 2.12.